The second-order valence-corrected chi connectivity index (χ2v) is 5.75. The molecule has 0 unspecified atom stereocenters. The van der Waals surface area contributed by atoms with Crippen molar-refractivity contribution >= 4 is 39.2 Å². The maximum atomic E-state index is 11.3. The second kappa shape index (κ2) is 6.73. The molecule has 5 nitrogen and oxygen atoms in total. The van der Waals surface area contributed by atoms with Gasteiger partial charge in [-0.25, -0.2) is 9.59 Å². The molecule has 0 saturated heterocycles. The lowest BCUT2D eigenvalue weighted by molar-refractivity contribution is -0.142. The van der Waals surface area contributed by atoms with Gasteiger partial charge in [0.25, 0.3) is 0 Å². The van der Waals surface area contributed by atoms with Crippen molar-refractivity contribution in [2.45, 2.75) is 0 Å². The van der Waals surface area contributed by atoms with Crippen LogP contribution in [0.3, 0.4) is 0 Å². The number of carboxylic acids is 1. The summed E-state index contributed by atoms with van der Waals surface area (Å²) in [6, 6.07) is 9.32. The van der Waals surface area contributed by atoms with Crippen molar-refractivity contribution in [1.82, 2.24) is 0 Å². The van der Waals surface area contributed by atoms with Crippen LogP contribution in [0.25, 0.3) is 10.4 Å². The second-order valence-electron chi connectivity index (χ2n) is 3.94. The Kier molecular flexibility index (Phi) is 4.98. The summed E-state index contributed by atoms with van der Waals surface area (Å²) in [4.78, 5) is 23.2. The van der Waals surface area contributed by atoms with Crippen molar-refractivity contribution in [2.24, 2.45) is 0 Å². The van der Waals surface area contributed by atoms with E-state index in [1.165, 1.54) is 7.11 Å². The summed E-state index contributed by atoms with van der Waals surface area (Å²) >= 11 is 4.43. The molecule has 0 bridgehead atoms. The van der Waals surface area contributed by atoms with E-state index in [9.17, 15) is 14.7 Å². The lowest BCUT2D eigenvalue weighted by Gasteiger charge is -2.05. The van der Waals surface area contributed by atoms with Crippen LogP contribution in [0, 0.1) is 0 Å². The molecule has 110 valence electrons. The molecule has 21 heavy (non-hydrogen) atoms. The van der Waals surface area contributed by atoms with Crippen LogP contribution >= 0.6 is 27.3 Å². The van der Waals surface area contributed by atoms with Gasteiger partial charge in [-0.2, -0.15) is 0 Å². The molecular weight excluding hydrogens is 360 g/mol. The number of hydrogen-bond donors (Lipinski definition) is 1. The van der Waals surface area contributed by atoms with Crippen molar-refractivity contribution in [3.8, 4) is 16.2 Å². The predicted octanol–water partition coefficient (Wildman–Crippen LogP) is 3.43. The van der Waals surface area contributed by atoms with E-state index in [-0.39, 0.29) is 17.2 Å². The van der Waals surface area contributed by atoms with Crippen LogP contribution in [0.4, 0.5) is 0 Å². The summed E-state index contributed by atoms with van der Waals surface area (Å²) in [6.45, 7) is -0.347. The molecule has 1 aromatic carbocycles. The zero-order valence-corrected chi connectivity index (χ0v) is 13.4. The van der Waals surface area contributed by atoms with E-state index in [0.29, 0.717) is 4.47 Å². The molecule has 1 heterocycles. The van der Waals surface area contributed by atoms with Gasteiger partial charge in [-0.05, 0) is 21.5 Å². The lowest BCUT2D eigenvalue weighted by atomic mass is 10.2. The van der Waals surface area contributed by atoms with Gasteiger partial charge in [0, 0.05) is 0 Å². The number of ether oxygens (including phenoxy) is 2. The van der Waals surface area contributed by atoms with Crippen LogP contribution in [-0.4, -0.2) is 30.8 Å². The summed E-state index contributed by atoms with van der Waals surface area (Å²) in [5, 5.41) is 9.27. The van der Waals surface area contributed by atoms with Gasteiger partial charge in [0.15, 0.2) is 17.2 Å². The third-order valence-electron chi connectivity index (χ3n) is 2.60. The molecule has 0 amide bonds. The van der Waals surface area contributed by atoms with Gasteiger partial charge in [0.1, 0.15) is 0 Å². The summed E-state index contributed by atoms with van der Waals surface area (Å²) in [7, 11) is 1.24. The minimum absolute atomic E-state index is 0.0321. The molecule has 0 radical (unpaired) electrons. The van der Waals surface area contributed by atoms with Crippen molar-refractivity contribution in [2.75, 3.05) is 13.7 Å². The number of thiophene rings is 1. The molecule has 0 spiro atoms. The van der Waals surface area contributed by atoms with Crippen LogP contribution < -0.4 is 4.74 Å². The Morgan fingerprint density at radius 3 is 2.52 bits per heavy atom. The fourth-order valence-corrected chi connectivity index (χ4v) is 3.53. The van der Waals surface area contributed by atoms with Crippen LogP contribution in [0.2, 0.25) is 0 Å². The molecule has 0 aliphatic rings. The maximum Gasteiger partial charge on any atom is 0.349 e. The summed E-state index contributed by atoms with van der Waals surface area (Å²) in [6.07, 6.45) is 0. The molecule has 0 fully saturated rings. The standard InChI is InChI=1S/C14H11BrO5S/c1-19-9(16)7-20-11-10(15)12(21-13(11)14(17)18)8-5-3-2-4-6-8/h2-6H,7H2,1H3,(H,17,18). The third kappa shape index (κ3) is 3.43. The predicted molar refractivity (Wildman–Crippen MR) is 81.9 cm³/mol. The number of aromatic carboxylic acids is 1. The van der Waals surface area contributed by atoms with E-state index in [1.807, 2.05) is 30.3 Å². The molecule has 0 aliphatic carbocycles. The van der Waals surface area contributed by atoms with E-state index in [0.717, 1.165) is 21.8 Å². The number of methoxy groups -OCH3 is 1. The van der Waals surface area contributed by atoms with E-state index < -0.39 is 11.9 Å². The summed E-state index contributed by atoms with van der Waals surface area (Å²) in [5.74, 6) is -1.55. The van der Waals surface area contributed by atoms with Gasteiger partial charge in [-0.1, -0.05) is 30.3 Å². The highest BCUT2D eigenvalue weighted by molar-refractivity contribution is 9.10. The molecule has 2 rings (SSSR count). The van der Waals surface area contributed by atoms with Crippen LogP contribution in [-0.2, 0) is 9.53 Å². The van der Waals surface area contributed by atoms with Gasteiger partial charge in [-0.3, -0.25) is 0 Å². The Labute approximate surface area is 133 Å². The highest BCUT2D eigenvalue weighted by Crippen LogP contribution is 2.45. The van der Waals surface area contributed by atoms with Crippen LogP contribution in [0.1, 0.15) is 9.67 Å². The Morgan fingerprint density at radius 1 is 1.29 bits per heavy atom. The molecule has 7 heteroatoms. The molecule has 1 N–H and O–H groups in total. The third-order valence-corrected chi connectivity index (χ3v) is 4.83. The minimum atomic E-state index is -1.11. The van der Waals surface area contributed by atoms with Crippen molar-refractivity contribution in [3.05, 3.63) is 39.7 Å². The monoisotopic (exact) mass is 370 g/mol. The fourth-order valence-electron chi connectivity index (χ4n) is 1.63. The average Bonchev–Trinajstić information content (AvgIpc) is 2.83. The number of carbonyl (C=O) groups is 2. The quantitative estimate of drug-likeness (QED) is 0.816. The molecule has 0 saturated carbocycles. The molecule has 0 aliphatic heterocycles. The van der Waals surface area contributed by atoms with Gasteiger partial charge < -0.3 is 14.6 Å². The number of hydrogen-bond acceptors (Lipinski definition) is 5. The largest absolute Gasteiger partial charge is 0.479 e. The molecule has 1 aromatic heterocycles. The number of rotatable bonds is 5. The van der Waals surface area contributed by atoms with Gasteiger partial charge in [-0.15, -0.1) is 11.3 Å². The zero-order valence-electron chi connectivity index (χ0n) is 11.0. The van der Waals surface area contributed by atoms with Crippen molar-refractivity contribution in [1.29, 1.82) is 0 Å². The first-order valence-corrected chi connectivity index (χ1v) is 7.46. The first-order chi connectivity index (χ1) is 10.0. The fraction of sp³-hybridized carbons (Fsp3) is 0.143. The topological polar surface area (TPSA) is 72.8 Å². The number of benzene rings is 1. The molecule has 0 atom stereocenters. The first-order valence-electron chi connectivity index (χ1n) is 5.85. The summed E-state index contributed by atoms with van der Waals surface area (Å²) in [5.41, 5.74) is 0.866. The van der Waals surface area contributed by atoms with E-state index in [4.69, 9.17) is 4.74 Å². The van der Waals surface area contributed by atoms with E-state index >= 15 is 0 Å². The number of esters is 1. The SMILES string of the molecule is COC(=O)COc1c(C(=O)O)sc(-c2ccccc2)c1Br. The maximum absolute atomic E-state index is 11.3. The highest BCUT2D eigenvalue weighted by Gasteiger charge is 2.24. The Balaban J connectivity index is 2.41. The highest BCUT2D eigenvalue weighted by atomic mass is 79.9. The summed E-state index contributed by atoms with van der Waals surface area (Å²) < 4.78 is 10.3. The Bertz CT molecular complexity index is 666. The van der Waals surface area contributed by atoms with E-state index in [1.54, 1.807) is 0 Å². The first kappa shape index (κ1) is 15.5. The number of carbonyl (C=O) groups excluding carboxylic acids is 1. The van der Waals surface area contributed by atoms with Crippen LogP contribution in [0.15, 0.2) is 34.8 Å². The van der Waals surface area contributed by atoms with E-state index in [2.05, 4.69) is 20.7 Å². The lowest BCUT2D eigenvalue weighted by Crippen LogP contribution is -2.13. The van der Waals surface area contributed by atoms with Crippen molar-refractivity contribution < 1.29 is 24.2 Å². The molecular formula is C14H11BrO5S. The zero-order chi connectivity index (χ0) is 15.4. The number of carboxylic acid groups (broad SMARTS) is 1. The van der Waals surface area contributed by atoms with Crippen LogP contribution in [0.5, 0.6) is 5.75 Å². The van der Waals surface area contributed by atoms with Gasteiger partial charge in [0.05, 0.1) is 16.5 Å². The smallest absolute Gasteiger partial charge is 0.349 e. The number of halogens is 1. The van der Waals surface area contributed by atoms with Crippen molar-refractivity contribution in [3.63, 3.8) is 0 Å². The normalized spacial score (nSPS) is 10.2. The Morgan fingerprint density at radius 2 is 1.95 bits per heavy atom. The average molecular weight is 371 g/mol. The van der Waals surface area contributed by atoms with Gasteiger partial charge in [0.2, 0.25) is 0 Å². The Hall–Kier alpha value is -1.86. The molecule has 2 aromatic rings. The minimum Gasteiger partial charge on any atom is -0.479 e. The van der Waals surface area contributed by atoms with Gasteiger partial charge >= 0.3 is 11.9 Å².